The summed E-state index contributed by atoms with van der Waals surface area (Å²) in [5.41, 5.74) is -0.542. The molecule has 0 amide bonds. The highest BCUT2D eigenvalue weighted by Gasteiger charge is 2.22. The molecule has 0 aromatic carbocycles. The maximum Gasteiger partial charge on any atom is 0.278 e. The average molecular weight is 321 g/mol. The molecular weight excluding hydrogens is 316 g/mol. The molecular formula is C7H5BrClF2NO2S. The molecule has 1 rings (SSSR count). The van der Waals surface area contributed by atoms with Crippen LogP contribution in [-0.2, 0) is 9.05 Å². The highest BCUT2D eigenvalue weighted by atomic mass is 79.9. The van der Waals surface area contributed by atoms with Gasteiger partial charge in [-0.25, -0.2) is 22.2 Å². The van der Waals surface area contributed by atoms with E-state index in [0.29, 0.717) is 0 Å². The van der Waals surface area contributed by atoms with Crippen LogP contribution in [0.15, 0.2) is 15.7 Å². The molecule has 0 aliphatic rings. The number of pyridine rings is 1. The Labute approximate surface area is 98.0 Å². The molecule has 0 spiro atoms. The number of halogens is 4. The first-order valence-electron chi connectivity index (χ1n) is 3.63. The standard InChI is InChI=1S/C7H5BrClF2NO2S/c1-3-4(6(10)11)2-5(8)12-7(3)15(9,13)14/h2,6H,1H3. The van der Waals surface area contributed by atoms with Crippen molar-refractivity contribution in [1.29, 1.82) is 0 Å². The molecule has 0 fully saturated rings. The van der Waals surface area contributed by atoms with Crippen LogP contribution in [0.25, 0.3) is 0 Å². The number of aromatic nitrogens is 1. The van der Waals surface area contributed by atoms with E-state index in [1.165, 1.54) is 6.92 Å². The lowest BCUT2D eigenvalue weighted by molar-refractivity contribution is 0.150. The first kappa shape index (κ1) is 12.8. The summed E-state index contributed by atoms with van der Waals surface area (Å²) < 4.78 is 47.0. The zero-order chi connectivity index (χ0) is 11.8. The maximum atomic E-state index is 12.5. The molecule has 0 N–H and O–H groups in total. The second-order valence-electron chi connectivity index (χ2n) is 2.70. The van der Waals surface area contributed by atoms with Crippen LogP contribution in [0.4, 0.5) is 8.78 Å². The van der Waals surface area contributed by atoms with Gasteiger partial charge in [0.25, 0.3) is 15.5 Å². The van der Waals surface area contributed by atoms with Gasteiger partial charge in [0, 0.05) is 16.2 Å². The van der Waals surface area contributed by atoms with Crippen molar-refractivity contribution >= 4 is 35.7 Å². The Kier molecular flexibility index (Phi) is 3.67. The molecule has 0 aliphatic heterocycles. The second-order valence-corrected chi connectivity index (χ2v) is 6.00. The van der Waals surface area contributed by atoms with Gasteiger partial charge >= 0.3 is 0 Å². The smallest absolute Gasteiger partial charge is 0.228 e. The number of hydrogen-bond donors (Lipinski definition) is 0. The molecule has 8 heteroatoms. The normalized spacial score (nSPS) is 12.1. The number of nitrogens with zero attached hydrogens (tertiary/aromatic N) is 1. The first-order valence-corrected chi connectivity index (χ1v) is 6.73. The second kappa shape index (κ2) is 4.31. The Bertz CT molecular complexity index is 492. The van der Waals surface area contributed by atoms with Crippen LogP contribution >= 0.6 is 26.6 Å². The molecule has 0 bridgehead atoms. The first-order chi connectivity index (χ1) is 6.73. The molecule has 3 nitrogen and oxygen atoms in total. The number of hydrogen-bond acceptors (Lipinski definition) is 3. The van der Waals surface area contributed by atoms with Gasteiger partial charge in [0.05, 0.1) is 0 Å². The summed E-state index contributed by atoms with van der Waals surface area (Å²) in [6.07, 6.45) is -2.78. The quantitative estimate of drug-likeness (QED) is 0.621. The Morgan fingerprint density at radius 2 is 2.07 bits per heavy atom. The minimum atomic E-state index is -4.11. The minimum Gasteiger partial charge on any atom is -0.228 e. The molecule has 1 heterocycles. The predicted molar refractivity (Wildman–Crippen MR) is 54.7 cm³/mol. The molecule has 0 unspecified atom stereocenters. The summed E-state index contributed by atoms with van der Waals surface area (Å²) in [7, 11) is 0.942. The summed E-state index contributed by atoms with van der Waals surface area (Å²) in [4.78, 5) is 3.55. The summed E-state index contributed by atoms with van der Waals surface area (Å²) in [6.45, 7) is 1.23. The highest BCUT2D eigenvalue weighted by molar-refractivity contribution is 9.10. The number of rotatable bonds is 2. The average Bonchev–Trinajstić information content (AvgIpc) is 2.06. The van der Waals surface area contributed by atoms with Gasteiger partial charge in [-0.2, -0.15) is 0 Å². The zero-order valence-electron chi connectivity index (χ0n) is 7.34. The van der Waals surface area contributed by atoms with Gasteiger partial charge < -0.3 is 0 Å². The predicted octanol–water partition coefficient (Wildman–Crippen LogP) is 3.02. The SMILES string of the molecule is Cc1c(C(F)F)cc(Br)nc1S(=O)(=O)Cl. The topological polar surface area (TPSA) is 47.0 Å². The van der Waals surface area contributed by atoms with Gasteiger partial charge in [-0.15, -0.1) is 0 Å². The number of alkyl halides is 2. The van der Waals surface area contributed by atoms with E-state index in [9.17, 15) is 17.2 Å². The van der Waals surface area contributed by atoms with Crippen LogP contribution < -0.4 is 0 Å². The third kappa shape index (κ3) is 2.85. The molecule has 0 atom stereocenters. The van der Waals surface area contributed by atoms with Crippen molar-refractivity contribution in [3.05, 3.63) is 21.8 Å². The maximum absolute atomic E-state index is 12.5. The van der Waals surface area contributed by atoms with E-state index >= 15 is 0 Å². The van der Waals surface area contributed by atoms with Crippen molar-refractivity contribution < 1.29 is 17.2 Å². The van der Waals surface area contributed by atoms with Crippen molar-refractivity contribution in [2.24, 2.45) is 0 Å². The minimum absolute atomic E-state index is 0.00243. The van der Waals surface area contributed by atoms with E-state index in [2.05, 4.69) is 20.9 Å². The van der Waals surface area contributed by atoms with E-state index in [-0.39, 0.29) is 10.2 Å². The third-order valence-electron chi connectivity index (χ3n) is 1.70. The van der Waals surface area contributed by atoms with Crippen LogP contribution in [0.5, 0.6) is 0 Å². The van der Waals surface area contributed by atoms with Gasteiger partial charge in [0.15, 0.2) is 5.03 Å². The van der Waals surface area contributed by atoms with E-state index in [1.54, 1.807) is 0 Å². The molecule has 0 saturated carbocycles. The van der Waals surface area contributed by atoms with Crippen molar-refractivity contribution in [2.45, 2.75) is 18.4 Å². The van der Waals surface area contributed by atoms with Crippen molar-refractivity contribution in [3.8, 4) is 0 Å². The van der Waals surface area contributed by atoms with Gasteiger partial charge in [-0.1, -0.05) is 0 Å². The Morgan fingerprint density at radius 3 is 2.47 bits per heavy atom. The van der Waals surface area contributed by atoms with Gasteiger partial charge in [-0.3, -0.25) is 0 Å². The third-order valence-corrected chi connectivity index (χ3v) is 3.41. The fourth-order valence-corrected chi connectivity index (χ4v) is 2.72. The molecule has 1 aromatic rings. The van der Waals surface area contributed by atoms with E-state index in [0.717, 1.165) is 6.07 Å². The molecule has 0 saturated heterocycles. The van der Waals surface area contributed by atoms with Crippen LogP contribution in [0.2, 0.25) is 0 Å². The Hall–Kier alpha value is -0.270. The zero-order valence-corrected chi connectivity index (χ0v) is 10.5. The lowest BCUT2D eigenvalue weighted by atomic mass is 10.2. The van der Waals surface area contributed by atoms with Gasteiger partial charge in [-0.05, 0) is 34.5 Å². The monoisotopic (exact) mass is 319 g/mol. The molecule has 0 aliphatic carbocycles. The van der Waals surface area contributed by atoms with Crippen LogP contribution in [-0.4, -0.2) is 13.4 Å². The molecule has 0 radical (unpaired) electrons. The lowest BCUT2D eigenvalue weighted by Gasteiger charge is -2.08. The fourth-order valence-electron chi connectivity index (χ4n) is 1.04. The van der Waals surface area contributed by atoms with E-state index in [4.69, 9.17) is 10.7 Å². The fraction of sp³-hybridized carbons (Fsp3) is 0.286. The van der Waals surface area contributed by atoms with Gasteiger partial charge in [0.2, 0.25) is 0 Å². The van der Waals surface area contributed by atoms with E-state index in [1.807, 2.05) is 0 Å². The highest BCUT2D eigenvalue weighted by Crippen LogP contribution is 2.29. The van der Waals surface area contributed by atoms with Crippen molar-refractivity contribution in [1.82, 2.24) is 4.98 Å². The molecule has 1 aromatic heterocycles. The van der Waals surface area contributed by atoms with Crippen LogP contribution in [0.1, 0.15) is 17.6 Å². The molecule has 84 valence electrons. The van der Waals surface area contributed by atoms with Crippen molar-refractivity contribution in [2.75, 3.05) is 0 Å². The summed E-state index contributed by atoms with van der Waals surface area (Å²) in [6, 6.07) is 1.06. The Balaban J connectivity index is 3.56. The Morgan fingerprint density at radius 1 is 1.53 bits per heavy atom. The van der Waals surface area contributed by atoms with Crippen LogP contribution in [0.3, 0.4) is 0 Å². The van der Waals surface area contributed by atoms with Gasteiger partial charge in [0.1, 0.15) is 4.60 Å². The lowest BCUT2D eigenvalue weighted by Crippen LogP contribution is -2.03. The summed E-state index contributed by atoms with van der Waals surface area (Å²) in [5.74, 6) is 0. The molecule has 15 heavy (non-hydrogen) atoms. The van der Waals surface area contributed by atoms with Crippen LogP contribution in [0, 0.1) is 6.92 Å². The summed E-state index contributed by atoms with van der Waals surface area (Å²) in [5, 5.41) is -0.547. The van der Waals surface area contributed by atoms with Crippen molar-refractivity contribution in [3.63, 3.8) is 0 Å². The largest absolute Gasteiger partial charge is 0.278 e. The van der Waals surface area contributed by atoms with E-state index < -0.39 is 26.1 Å². The summed E-state index contributed by atoms with van der Waals surface area (Å²) >= 11 is 2.84.